The third kappa shape index (κ3) is 2.00. The number of ketones is 1. The number of benzene rings is 1. The minimum absolute atomic E-state index is 0.0436. The highest BCUT2D eigenvalue weighted by molar-refractivity contribution is 6.07. The van der Waals surface area contributed by atoms with Crippen LogP contribution < -0.4 is 0 Å². The second-order valence-electron chi connectivity index (χ2n) is 4.01. The molecule has 88 valence electrons. The molecule has 0 atom stereocenters. The van der Waals surface area contributed by atoms with Crippen LogP contribution in [0.1, 0.15) is 23.7 Å². The van der Waals surface area contributed by atoms with Crippen molar-refractivity contribution in [3.8, 4) is 0 Å². The maximum atomic E-state index is 13.8. The lowest BCUT2D eigenvalue weighted by atomic mass is 10.1. The summed E-state index contributed by atoms with van der Waals surface area (Å²) in [5, 5.41) is 0.682. The van der Waals surface area contributed by atoms with E-state index in [2.05, 4.69) is 6.58 Å². The van der Waals surface area contributed by atoms with Crippen LogP contribution in [0.5, 0.6) is 0 Å². The molecule has 0 saturated carbocycles. The van der Waals surface area contributed by atoms with Crippen molar-refractivity contribution in [2.24, 2.45) is 0 Å². The molecule has 0 aliphatic carbocycles. The van der Waals surface area contributed by atoms with Gasteiger partial charge in [0.05, 0.1) is 5.52 Å². The summed E-state index contributed by atoms with van der Waals surface area (Å²) in [5.74, 6) is -0.336. The second-order valence-corrected chi connectivity index (χ2v) is 4.01. The molecule has 2 nitrogen and oxygen atoms in total. The van der Waals surface area contributed by atoms with Crippen molar-refractivity contribution in [1.29, 1.82) is 0 Å². The Bertz CT molecular complexity index is 583. The number of Topliss-reactive ketones (excluding diaryl/α,β-unsaturated/α-hetero) is 1. The molecule has 17 heavy (non-hydrogen) atoms. The van der Waals surface area contributed by atoms with Crippen LogP contribution in [0, 0.1) is 5.82 Å². The first-order chi connectivity index (χ1) is 8.15. The van der Waals surface area contributed by atoms with E-state index in [1.165, 1.54) is 13.0 Å². The molecular formula is C14H14FNO. The van der Waals surface area contributed by atoms with E-state index in [9.17, 15) is 9.18 Å². The lowest BCUT2D eigenvalue weighted by molar-refractivity contribution is 0.101. The quantitative estimate of drug-likeness (QED) is 0.582. The Morgan fingerprint density at radius 2 is 2.29 bits per heavy atom. The zero-order chi connectivity index (χ0) is 12.4. The molecular weight excluding hydrogens is 217 g/mol. The number of rotatable bonds is 4. The van der Waals surface area contributed by atoms with Gasteiger partial charge in [-0.3, -0.25) is 4.79 Å². The van der Waals surface area contributed by atoms with Gasteiger partial charge in [-0.1, -0.05) is 18.2 Å². The zero-order valence-corrected chi connectivity index (χ0v) is 9.74. The topological polar surface area (TPSA) is 22.0 Å². The van der Waals surface area contributed by atoms with Crippen LogP contribution in [0.2, 0.25) is 0 Å². The highest BCUT2D eigenvalue weighted by atomic mass is 19.1. The fourth-order valence-corrected chi connectivity index (χ4v) is 2.00. The van der Waals surface area contributed by atoms with Gasteiger partial charge in [0.15, 0.2) is 5.78 Å². The number of aromatic nitrogens is 1. The van der Waals surface area contributed by atoms with Gasteiger partial charge in [-0.25, -0.2) is 4.39 Å². The fourth-order valence-electron chi connectivity index (χ4n) is 2.00. The number of hydrogen-bond donors (Lipinski definition) is 0. The third-order valence-corrected chi connectivity index (χ3v) is 2.80. The first-order valence-electron chi connectivity index (χ1n) is 5.54. The van der Waals surface area contributed by atoms with Crippen LogP contribution >= 0.6 is 0 Å². The minimum Gasteiger partial charge on any atom is -0.344 e. The number of halogens is 1. The molecule has 0 fully saturated rings. The standard InChI is InChI=1S/C14H14FNO/c1-3-4-8-16-9-12(10(2)17)11-6-5-7-13(15)14(11)16/h3,5-7,9H,1,4,8H2,2H3. The van der Waals surface area contributed by atoms with Crippen LogP contribution in [0.3, 0.4) is 0 Å². The van der Waals surface area contributed by atoms with Gasteiger partial charge < -0.3 is 4.57 Å². The Morgan fingerprint density at radius 3 is 2.94 bits per heavy atom. The normalized spacial score (nSPS) is 10.7. The van der Waals surface area contributed by atoms with E-state index in [0.29, 0.717) is 23.0 Å². The van der Waals surface area contributed by atoms with E-state index >= 15 is 0 Å². The lowest BCUT2D eigenvalue weighted by Crippen LogP contribution is -1.96. The van der Waals surface area contributed by atoms with Crippen LogP contribution in [0.25, 0.3) is 10.9 Å². The number of carbonyl (C=O) groups is 1. The number of nitrogens with zero attached hydrogens (tertiary/aromatic N) is 1. The average Bonchev–Trinajstić information content (AvgIpc) is 2.67. The lowest BCUT2D eigenvalue weighted by Gasteiger charge is -2.03. The molecule has 0 N–H and O–H groups in total. The molecule has 0 bridgehead atoms. The molecule has 1 heterocycles. The summed E-state index contributed by atoms with van der Waals surface area (Å²) in [7, 11) is 0. The van der Waals surface area contributed by atoms with Gasteiger partial charge in [0, 0.05) is 23.7 Å². The predicted octanol–water partition coefficient (Wildman–Crippen LogP) is 3.56. The number of allylic oxidation sites excluding steroid dienone is 1. The van der Waals surface area contributed by atoms with Gasteiger partial charge in [0.2, 0.25) is 0 Å². The summed E-state index contributed by atoms with van der Waals surface area (Å²) in [6.07, 6.45) is 4.25. The molecule has 0 amide bonds. The van der Waals surface area contributed by atoms with E-state index in [4.69, 9.17) is 0 Å². The average molecular weight is 231 g/mol. The first-order valence-corrected chi connectivity index (χ1v) is 5.54. The van der Waals surface area contributed by atoms with Crippen molar-refractivity contribution in [3.63, 3.8) is 0 Å². The summed E-state index contributed by atoms with van der Waals surface area (Å²) in [4.78, 5) is 11.5. The SMILES string of the molecule is C=CCCn1cc(C(C)=O)c2cccc(F)c21. The first kappa shape index (κ1) is 11.6. The van der Waals surface area contributed by atoms with Gasteiger partial charge in [-0.2, -0.15) is 0 Å². The zero-order valence-electron chi connectivity index (χ0n) is 9.74. The third-order valence-electron chi connectivity index (χ3n) is 2.80. The van der Waals surface area contributed by atoms with E-state index in [1.54, 1.807) is 29.0 Å². The summed E-state index contributed by atoms with van der Waals surface area (Å²) in [6, 6.07) is 4.82. The molecule has 0 saturated heterocycles. The fraction of sp³-hybridized carbons (Fsp3) is 0.214. The van der Waals surface area contributed by atoms with Gasteiger partial charge in [0.25, 0.3) is 0 Å². The molecule has 2 rings (SSSR count). The Labute approximate surface area is 99.4 Å². The summed E-state index contributed by atoms with van der Waals surface area (Å²) < 4.78 is 15.6. The molecule has 1 aromatic heterocycles. The Hall–Kier alpha value is -1.90. The monoisotopic (exact) mass is 231 g/mol. The Kier molecular flexibility index (Phi) is 3.09. The molecule has 0 radical (unpaired) electrons. The number of aryl methyl sites for hydroxylation is 1. The molecule has 1 aromatic carbocycles. The van der Waals surface area contributed by atoms with Gasteiger partial charge in [0.1, 0.15) is 5.82 Å². The van der Waals surface area contributed by atoms with Crippen molar-refractivity contribution in [3.05, 3.63) is 48.4 Å². The second kappa shape index (κ2) is 4.53. The van der Waals surface area contributed by atoms with Crippen LogP contribution in [0.4, 0.5) is 4.39 Å². The molecule has 0 aliphatic heterocycles. The maximum absolute atomic E-state index is 13.8. The van der Waals surface area contributed by atoms with Crippen molar-refractivity contribution in [1.82, 2.24) is 4.57 Å². The molecule has 2 aromatic rings. The van der Waals surface area contributed by atoms with E-state index in [1.807, 2.05) is 0 Å². The van der Waals surface area contributed by atoms with Gasteiger partial charge in [-0.15, -0.1) is 6.58 Å². The van der Waals surface area contributed by atoms with E-state index < -0.39 is 0 Å². The molecule has 0 spiro atoms. The van der Waals surface area contributed by atoms with Crippen LogP contribution in [-0.2, 0) is 6.54 Å². The smallest absolute Gasteiger partial charge is 0.161 e. The van der Waals surface area contributed by atoms with E-state index in [-0.39, 0.29) is 11.6 Å². The van der Waals surface area contributed by atoms with Gasteiger partial charge in [-0.05, 0) is 19.4 Å². The van der Waals surface area contributed by atoms with Crippen molar-refractivity contribution in [2.45, 2.75) is 19.9 Å². The van der Waals surface area contributed by atoms with Gasteiger partial charge >= 0.3 is 0 Å². The Balaban J connectivity index is 2.66. The van der Waals surface area contributed by atoms with Crippen molar-refractivity contribution < 1.29 is 9.18 Å². The van der Waals surface area contributed by atoms with Crippen molar-refractivity contribution in [2.75, 3.05) is 0 Å². The van der Waals surface area contributed by atoms with Crippen molar-refractivity contribution >= 4 is 16.7 Å². The predicted molar refractivity (Wildman–Crippen MR) is 66.7 cm³/mol. The highest BCUT2D eigenvalue weighted by Crippen LogP contribution is 2.24. The summed E-state index contributed by atoms with van der Waals surface area (Å²) in [5.41, 5.74) is 1.07. The molecule has 0 aliphatic rings. The largest absolute Gasteiger partial charge is 0.344 e. The Morgan fingerprint density at radius 1 is 1.53 bits per heavy atom. The summed E-state index contributed by atoms with van der Waals surface area (Å²) in [6.45, 7) is 5.78. The number of para-hydroxylation sites is 1. The molecule has 3 heteroatoms. The van der Waals surface area contributed by atoms with Crippen LogP contribution in [0.15, 0.2) is 37.1 Å². The highest BCUT2D eigenvalue weighted by Gasteiger charge is 2.14. The van der Waals surface area contributed by atoms with E-state index in [0.717, 1.165) is 6.42 Å². The molecule has 0 unspecified atom stereocenters. The number of hydrogen-bond acceptors (Lipinski definition) is 1. The number of fused-ring (bicyclic) bond motifs is 1. The summed E-state index contributed by atoms with van der Waals surface area (Å²) >= 11 is 0. The maximum Gasteiger partial charge on any atom is 0.161 e. The van der Waals surface area contributed by atoms with Crippen LogP contribution in [-0.4, -0.2) is 10.4 Å². The number of carbonyl (C=O) groups excluding carboxylic acids is 1. The minimum atomic E-state index is -0.293.